The van der Waals surface area contributed by atoms with Gasteiger partial charge in [-0.3, -0.25) is 4.79 Å². The van der Waals surface area contributed by atoms with Crippen LogP contribution in [0.3, 0.4) is 0 Å². The molecule has 0 bridgehead atoms. The van der Waals surface area contributed by atoms with Gasteiger partial charge in [-0.25, -0.2) is 0 Å². The van der Waals surface area contributed by atoms with E-state index in [1.165, 1.54) is 5.56 Å². The molecule has 0 aliphatic carbocycles. The Balaban J connectivity index is 1.53. The molecule has 0 unspecified atom stereocenters. The van der Waals surface area contributed by atoms with E-state index in [1.54, 1.807) is 11.1 Å². The van der Waals surface area contributed by atoms with Crippen LogP contribution < -0.4 is 5.32 Å². The summed E-state index contributed by atoms with van der Waals surface area (Å²) >= 11 is 0. The second-order valence-electron chi connectivity index (χ2n) is 6.87. The Morgan fingerprint density at radius 2 is 1.84 bits per heavy atom. The van der Waals surface area contributed by atoms with Crippen molar-refractivity contribution in [2.24, 2.45) is 5.92 Å². The number of rotatable bonds is 4. The number of carbonyl (C=O) groups excluding carboxylic acids is 1. The average Bonchev–Trinajstić information content (AvgIpc) is 2.68. The summed E-state index contributed by atoms with van der Waals surface area (Å²) in [6.45, 7) is 4.79. The molecule has 1 N–H and O–H groups in total. The fraction of sp³-hybridized carbons (Fsp3) is 0.500. The van der Waals surface area contributed by atoms with Gasteiger partial charge in [-0.15, -0.1) is 0 Å². The van der Waals surface area contributed by atoms with E-state index in [0.717, 1.165) is 45.4 Å². The average molecular weight is 338 g/mol. The number of likely N-dealkylation sites (tertiary alicyclic amines) is 1. The van der Waals surface area contributed by atoms with Gasteiger partial charge in [-0.1, -0.05) is 30.3 Å². The molecule has 132 valence electrons. The quantitative estimate of drug-likeness (QED) is 0.672. The number of carbonyl (C=O) groups is 1. The van der Waals surface area contributed by atoms with E-state index >= 15 is 0 Å². The van der Waals surface area contributed by atoms with Crippen molar-refractivity contribution in [2.75, 3.05) is 39.3 Å². The van der Waals surface area contributed by atoms with E-state index in [4.69, 9.17) is 0 Å². The second-order valence-corrected chi connectivity index (χ2v) is 6.87. The van der Waals surface area contributed by atoms with E-state index in [1.807, 2.05) is 0 Å². The van der Waals surface area contributed by atoms with Crippen LogP contribution in [0.25, 0.3) is 0 Å². The molecule has 2 heterocycles. The number of hydrogen-bond donors (Lipinski definition) is 1. The highest BCUT2D eigenvalue weighted by Gasteiger charge is 2.23. The SMILES string of the molecule is N#C/C(=C/N1CCC(Cc2ccccc2)CC1)C(=O)N1CCNCC1. The topological polar surface area (TPSA) is 59.4 Å². The molecule has 0 spiro atoms. The molecular formula is C20H26N4O. The monoisotopic (exact) mass is 338 g/mol. The first-order valence-corrected chi connectivity index (χ1v) is 9.16. The molecule has 2 saturated heterocycles. The van der Waals surface area contributed by atoms with Gasteiger partial charge in [0.2, 0.25) is 0 Å². The second kappa shape index (κ2) is 8.68. The zero-order chi connectivity index (χ0) is 17.5. The lowest BCUT2D eigenvalue weighted by Crippen LogP contribution is -2.47. The fourth-order valence-electron chi connectivity index (χ4n) is 3.59. The lowest BCUT2D eigenvalue weighted by atomic mass is 9.90. The minimum Gasteiger partial charge on any atom is -0.376 e. The Labute approximate surface area is 149 Å². The molecule has 1 aromatic rings. The summed E-state index contributed by atoms with van der Waals surface area (Å²) in [5.74, 6) is 0.553. The van der Waals surface area contributed by atoms with Crippen molar-refractivity contribution < 1.29 is 4.79 Å². The fourth-order valence-corrected chi connectivity index (χ4v) is 3.59. The minimum absolute atomic E-state index is 0.129. The third-order valence-electron chi connectivity index (χ3n) is 5.08. The van der Waals surface area contributed by atoms with Gasteiger partial charge < -0.3 is 15.1 Å². The molecular weight excluding hydrogens is 312 g/mol. The van der Waals surface area contributed by atoms with Crippen molar-refractivity contribution in [1.29, 1.82) is 5.26 Å². The lowest BCUT2D eigenvalue weighted by Gasteiger charge is -2.32. The Bertz CT molecular complexity index is 635. The third-order valence-corrected chi connectivity index (χ3v) is 5.08. The highest BCUT2D eigenvalue weighted by atomic mass is 16.2. The van der Waals surface area contributed by atoms with Gasteiger partial charge in [0.25, 0.3) is 5.91 Å². The number of hydrogen-bond acceptors (Lipinski definition) is 4. The zero-order valence-corrected chi connectivity index (χ0v) is 14.7. The lowest BCUT2D eigenvalue weighted by molar-refractivity contribution is -0.127. The van der Waals surface area contributed by atoms with E-state index in [-0.39, 0.29) is 11.5 Å². The molecule has 5 nitrogen and oxygen atoms in total. The van der Waals surface area contributed by atoms with E-state index in [9.17, 15) is 10.1 Å². The number of nitriles is 1. The van der Waals surface area contributed by atoms with Crippen LogP contribution in [0, 0.1) is 17.2 Å². The number of benzene rings is 1. The van der Waals surface area contributed by atoms with Crippen molar-refractivity contribution >= 4 is 5.91 Å². The van der Waals surface area contributed by atoms with Crippen molar-refractivity contribution in [2.45, 2.75) is 19.3 Å². The maximum atomic E-state index is 12.5. The number of piperidine rings is 1. The first-order chi connectivity index (χ1) is 12.3. The van der Waals surface area contributed by atoms with Gasteiger partial charge in [-0.2, -0.15) is 5.26 Å². The highest BCUT2D eigenvalue weighted by Crippen LogP contribution is 2.22. The van der Waals surface area contributed by atoms with Crippen molar-refractivity contribution in [3.8, 4) is 6.07 Å². The predicted octanol–water partition coefficient (Wildman–Crippen LogP) is 1.78. The Hall–Kier alpha value is -2.32. The molecule has 2 fully saturated rings. The number of amides is 1. The van der Waals surface area contributed by atoms with Crippen molar-refractivity contribution in [3.63, 3.8) is 0 Å². The molecule has 2 aliphatic heterocycles. The Morgan fingerprint density at radius 1 is 1.16 bits per heavy atom. The summed E-state index contributed by atoms with van der Waals surface area (Å²) in [7, 11) is 0. The highest BCUT2D eigenvalue weighted by molar-refractivity contribution is 5.97. The van der Waals surface area contributed by atoms with Crippen LogP contribution in [0.5, 0.6) is 0 Å². The van der Waals surface area contributed by atoms with E-state index < -0.39 is 0 Å². The molecule has 0 saturated carbocycles. The standard InChI is InChI=1S/C20H26N4O/c21-15-19(20(25)24-12-8-22-9-13-24)16-23-10-6-18(7-11-23)14-17-4-2-1-3-5-17/h1-5,16,18,22H,6-14H2/b19-16-. The maximum Gasteiger partial charge on any atom is 0.266 e. The largest absolute Gasteiger partial charge is 0.376 e. The van der Waals surface area contributed by atoms with Gasteiger partial charge in [0.1, 0.15) is 11.6 Å². The van der Waals surface area contributed by atoms with Crippen LogP contribution in [0.2, 0.25) is 0 Å². The minimum atomic E-state index is -0.129. The van der Waals surface area contributed by atoms with Crippen LogP contribution in [-0.2, 0) is 11.2 Å². The molecule has 5 heteroatoms. The van der Waals surface area contributed by atoms with Gasteiger partial charge >= 0.3 is 0 Å². The van der Waals surface area contributed by atoms with Crippen LogP contribution in [0.15, 0.2) is 42.1 Å². The number of nitrogens with one attached hydrogen (secondary N) is 1. The summed E-state index contributed by atoms with van der Waals surface area (Å²) < 4.78 is 0. The van der Waals surface area contributed by atoms with Crippen LogP contribution in [-0.4, -0.2) is 55.0 Å². The smallest absolute Gasteiger partial charge is 0.266 e. The van der Waals surface area contributed by atoms with E-state index in [2.05, 4.69) is 46.6 Å². The molecule has 1 aromatic carbocycles. The molecule has 0 atom stereocenters. The van der Waals surface area contributed by atoms with Crippen molar-refractivity contribution in [3.05, 3.63) is 47.7 Å². The summed E-state index contributed by atoms with van der Waals surface area (Å²) in [4.78, 5) is 16.4. The van der Waals surface area contributed by atoms with Crippen LogP contribution in [0.4, 0.5) is 0 Å². The third kappa shape index (κ3) is 4.83. The first-order valence-electron chi connectivity index (χ1n) is 9.16. The van der Waals surface area contributed by atoms with Gasteiger partial charge in [-0.05, 0) is 30.7 Å². The van der Waals surface area contributed by atoms with Crippen LogP contribution in [0.1, 0.15) is 18.4 Å². The van der Waals surface area contributed by atoms with Crippen LogP contribution >= 0.6 is 0 Å². The van der Waals surface area contributed by atoms with Gasteiger partial charge in [0.15, 0.2) is 0 Å². The van der Waals surface area contributed by atoms with Crippen molar-refractivity contribution in [1.82, 2.24) is 15.1 Å². The number of nitrogens with zero attached hydrogens (tertiary/aromatic N) is 3. The molecule has 1 amide bonds. The summed E-state index contributed by atoms with van der Waals surface area (Å²) in [5, 5.41) is 12.6. The number of piperazine rings is 1. The first kappa shape index (κ1) is 17.5. The Morgan fingerprint density at radius 3 is 2.48 bits per heavy atom. The molecule has 0 radical (unpaired) electrons. The summed E-state index contributed by atoms with van der Waals surface area (Å²) in [6, 6.07) is 12.7. The zero-order valence-electron chi connectivity index (χ0n) is 14.7. The maximum absolute atomic E-state index is 12.5. The van der Waals surface area contributed by atoms with Gasteiger partial charge in [0.05, 0.1) is 0 Å². The summed E-state index contributed by atoms with van der Waals surface area (Å²) in [5.41, 5.74) is 1.66. The predicted molar refractivity (Wildman–Crippen MR) is 97.6 cm³/mol. The van der Waals surface area contributed by atoms with Gasteiger partial charge in [0, 0.05) is 45.5 Å². The molecule has 2 aliphatic rings. The molecule has 0 aromatic heterocycles. The van der Waals surface area contributed by atoms with E-state index in [0.29, 0.717) is 19.0 Å². The summed E-state index contributed by atoms with van der Waals surface area (Å²) in [6.07, 6.45) is 5.10. The Kier molecular flexibility index (Phi) is 6.08. The molecule has 3 rings (SSSR count). The molecule has 25 heavy (non-hydrogen) atoms. The normalized spacial score (nSPS) is 19.6.